The molecule has 0 amide bonds. The van der Waals surface area contributed by atoms with Crippen molar-refractivity contribution in [2.45, 2.75) is 58.9 Å². The Kier molecular flexibility index (Phi) is 9.42. The largest absolute Gasteiger partial charge is 0.381 e. The van der Waals surface area contributed by atoms with Crippen molar-refractivity contribution in [1.82, 2.24) is 0 Å². The highest BCUT2D eigenvalue weighted by molar-refractivity contribution is 4.59. The molecule has 86 valence electrons. The highest BCUT2D eigenvalue weighted by atomic mass is 16.5. The zero-order valence-electron chi connectivity index (χ0n) is 10.1. The van der Waals surface area contributed by atoms with E-state index in [1.54, 1.807) is 0 Å². The van der Waals surface area contributed by atoms with Gasteiger partial charge in [-0.3, -0.25) is 0 Å². The van der Waals surface area contributed by atoms with Crippen molar-refractivity contribution in [2.75, 3.05) is 13.2 Å². The van der Waals surface area contributed by atoms with Gasteiger partial charge in [-0.2, -0.15) is 0 Å². The van der Waals surface area contributed by atoms with Crippen LogP contribution in [0.2, 0.25) is 0 Å². The van der Waals surface area contributed by atoms with Gasteiger partial charge in [0.05, 0.1) is 0 Å². The van der Waals surface area contributed by atoms with Crippen LogP contribution in [0.5, 0.6) is 0 Å². The maximum absolute atomic E-state index is 5.89. The van der Waals surface area contributed by atoms with Gasteiger partial charge in [0.25, 0.3) is 0 Å². The van der Waals surface area contributed by atoms with E-state index in [1.165, 1.54) is 12.8 Å². The fraction of sp³-hybridized carbons (Fsp3) is 1.00. The first-order valence-corrected chi connectivity index (χ1v) is 6.00. The third-order valence-corrected chi connectivity index (χ3v) is 2.36. The Labute approximate surface area is 89.2 Å². The molecule has 14 heavy (non-hydrogen) atoms. The molecule has 0 aliphatic heterocycles. The van der Waals surface area contributed by atoms with Crippen LogP contribution in [-0.2, 0) is 4.74 Å². The quantitative estimate of drug-likeness (QED) is 0.582. The highest BCUT2D eigenvalue weighted by Crippen LogP contribution is 2.03. The highest BCUT2D eigenvalue weighted by Gasteiger charge is 2.00. The molecule has 0 saturated heterocycles. The summed E-state index contributed by atoms with van der Waals surface area (Å²) in [6.45, 7) is 8.41. The van der Waals surface area contributed by atoms with Crippen molar-refractivity contribution >= 4 is 0 Å². The number of rotatable bonds is 9. The van der Waals surface area contributed by atoms with E-state index in [1.807, 2.05) is 0 Å². The van der Waals surface area contributed by atoms with Gasteiger partial charge in [0.15, 0.2) is 0 Å². The molecule has 0 bridgehead atoms. The van der Waals surface area contributed by atoms with Gasteiger partial charge in [-0.25, -0.2) is 0 Å². The maximum Gasteiger partial charge on any atom is 0.0468 e. The van der Waals surface area contributed by atoms with Crippen LogP contribution in [0, 0.1) is 5.92 Å². The minimum atomic E-state index is 0.383. The lowest BCUT2D eigenvalue weighted by Gasteiger charge is -2.10. The van der Waals surface area contributed by atoms with Crippen molar-refractivity contribution in [3.8, 4) is 0 Å². The summed E-state index contributed by atoms with van der Waals surface area (Å²) in [6.07, 6.45) is 5.72. The average Bonchev–Trinajstić information content (AvgIpc) is 2.11. The van der Waals surface area contributed by atoms with Crippen molar-refractivity contribution in [1.29, 1.82) is 0 Å². The molecule has 0 radical (unpaired) electrons. The Bertz CT molecular complexity index is 115. The van der Waals surface area contributed by atoms with Crippen LogP contribution in [0.4, 0.5) is 0 Å². The smallest absolute Gasteiger partial charge is 0.0468 e. The van der Waals surface area contributed by atoms with E-state index < -0.39 is 0 Å². The molecule has 0 spiro atoms. The minimum absolute atomic E-state index is 0.383. The second kappa shape index (κ2) is 9.47. The van der Waals surface area contributed by atoms with E-state index in [0.29, 0.717) is 6.04 Å². The van der Waals surface area contributed by atoms with Gasteiger partial charge in [-0.05, 0) is 31.6 Å². The van der Waals surface area contributed by atoms with Crippen LogP contribution < -0.4 is 5.73 Å². The molecular formula is C12H27NO. The molecule has 0 saturated carbocycles. The zero-order valence-corrected chi connectivity index (χ0v) is 10.1. The van der Waals surface area contributed by atoms with Crippen LogP contribution in [0.25, 0.3) is 0 Å². The van der Waals surface area contributed by atoms with Crippen molar-refractivity contribution in [2.24, 2.45) is 11.7 Å². The molecule has 1 unspecified atom stereocenters. The first kappa shape index (κ1) is 13.9. The molecule has 0 aliphatic rings. The van der Waals surface area contributed by atoms with Gasteiger partial charge in [-0.1, -0.05) is 27.2 Å². The molecule has 2 nitrogen and oxygen atoms in total. The van der Waals surface area contributed by atoms with Gasteiger partial charge >= 0.3 is 0 Å². The second-order valence-corrected chi connectivity index (χ2v) is 4.49. The normalized spacial score (nSPS) is 13.5. The summed E-state index contributed by atoms with van der Waals surface area (Å²) in [6, 6.07) is 0.383. The lowest BCUT2D eigenvalue weighted by Crippen LogP contribution is -2.19. The standard InChI is InChI=1S/C12H27NO/c1-4-6-12(13)7-5-9-14-10-8-11(2)3/h11-12H,4-10,13H2,1-3H3. The lowest BCUT2D eigenvalue weighted by molar-refractivity contribution is 0.118. The molecule has 1 atom stereocenters. The summed E-state index contributed by atoms with van der Waals surface area (Å²) in [5, 5.41) is 0. The minimum Gasteiger partial charge on any atom is -0.381 e. The Balaban J connectivity index is 3.05. The summed E-state index contributed by atoms with van der Waals surface area (Å²) >= 11 is 0. The second-order valence-electron chi connectivity index (χ2n) is 4.49. The Hall–Kier alpha value is -0.0800. The number of hydrogen-bond donors (Lipinski definition) is 1. The molecule has 0 aromatic heterocycles. The molecule has 0 aromatic carbocycles. The molecule has 2 heteroatoms. The molecule has 0 rings (SSSR count). The molecular weight excluding hydrogens is 174 g/mol. The monoisotopic (exact) mass is 201 g/mol. The fourth-order valence-electron chi connectivity index (χ4n) is 1.38. The fourth-order valence-corrected chi connectivity index (χ4v) is 1.38. The van der Waals surface area contributed by atoms with E-state index in [0.717, 1.165) is 38.4 Å². The molecule has 0 fully saturated rings. The van der Waals surface area contributed by atoms with Gasteiger partial charge in [-0.15, -0.1) is 0 Å². The predicted octanol–water partition coefficient (Wildman–Crippen LogP) is 2.96. The van der Waals surface area contributed by atoms with E-state index in [-0.39, 0.29) is 0 Å². The third kappa shape index (κ3) is 10.0. The van der Waals surface area contributed by atoms with Gasteiger partial charge in [0, 0.05) is 19.3 Å². The van der Waals surface area contributed by atoms with Crippen LogP contribution >= 0.6 is 0 Å². The SMILES string of the molecule is CCCC(N)CCCOCCC(C)C. The zero-order chi connectivity index (χ0) is 10.8. The van der Waals surface area contributed by atoms with Crippen molar-refractivity contribution in [3.63, 3.8) is 0 Å². The Morgan fingerprint density at radius 3 is 2.36 bits per heavy atom. The maximum atomic E-state index is 5.89. The molecule has 0 heterocycles. The summed E-state index contributed by atoms with van der Waals surface area (Å²) in [4.78, 5) is 0. The van der Waals surface area contributed by atoms with E-state index in [4.69, 9.17) is 10.5 Å². The first-order chi connectivity index (χ1) is 6.66. The van der Waals surface area contributed by atoms with E-state index >= 15 is 0 Å². The Morgan fingerprint density at radius 2 is 1.79 bits per heavy atom. The van der Waals surface area contributed by atoms with Crippen LogP contribution in [0.1, 0.15) is 52.9 Å². The topological polar surface area (TPSA) is 35.2 Å². The van der Waals surface area contributed by atoms with Crippen LogP contribution in [-0.4, -0.2) is 19.3 Å². The summed E-state index contributed by atoms with van der Waals surface area (Å²) in [7, 11) is 0. The molecule has 2 N–H and O–H groups in total. The third-order valence-electron chi connectivity index (χ3n) is 2.36. The number of hydrogen-bond acceptors (Lipinski definition) is 2. The van der Waals surface area contributed by atoms with E-state index in [2.05, 4.69) is 20.8 Å². The van der Waals surface area contributed by atoms with E-state index in [9.17, 15) is 0 Å². The molecule has 0 aromatic rings. The van der Waals surface area contributed by atoms with Crippen LogP contribution in [0.15, 0.2) is 0 Å². The summed E-state index contributed by atoms with van der Waals surface area (Å²) in [5.74, 6) is 0.748. The van der Waals surface area contributed by atoms with Gasteiger partial charge in [0.1, 0.15) is 0 Å². The first-order valence-electron chi connectivity index (χ1n) is 6.00. The summed E-state index contributed by atoms with van der Waals surface area (Å²) in [5.41, 5.74) is 5.89. The van der Waals surface area contributed by atoms with Crippen molar-refractivity contribution in [3.05, 3.63) is 0 Å². The van der Waals surface area contributed by atoms with Crippen molar-refractivity contribution < 1.29 is 4.74 Å². The number of nitrogens with two attached hydrogens (primary N) is 1. The molecule has 0 aliphatic carbocycles. The van der Waals surface area contributed by atoms with Gasteiger partial charge in [0.2, 0.25) is 0 Å². The number of ether oxygens (including phenoxy) is 1. The lowest BCUT2D eigenvalue weighted by atomic mass is 10.1. The Morgan fingerprint density at radius 1 is 1.07 bits per heavy atom. The summed E-state index contributed by atoms with van der Waals surface area (Å²) < 4.78 is 5.52. The van der Waals surface area contributed by atoms with Crippen LogP contribution in [0.3, 0.4) is 0 Å². The predicted molar refractivity (Wildman–Crippen MR) is 62.4 cm³/mol. The van der Waals surface area contributed by atoms with Gasteiger partial charge < -0.3 is 10.5 Å². The average molecular weight is 201 g/mol.